The van der Waals surface area contributed by atoms with Crippen molar-refractivity contribution in [3.8, 4) is 5.75 Å². The second kappa shape index (κ2) is 10.3. The Hall–Kier alpha value is -2.47. The second-order valence-electron chi connectivity index (χ2n) is 5.25. The zero-order valence-corrected chi connectivity index (χ0v) is 14.4. The SMILES string of the molecule is CN=C(NCCOCc1cccc(OC)c1)NCCn1cccc1. The lowest BCUT2D eigenvalue weighted by Crippen LogP contribution is -2.40. The van der Waals surface area contributed by atoms with Crippen LogP contribution in [0.3, 0.4) is 0 Å². The van der Waals surface area contributed by atoms with Gasteiger partial charge in [0, 0.05) is 39.1 Å². The van der Waals surface area contributed by atoms with Gasteiger partial charge in [0.1, 0.15) is 5.75 Å². The average Bonchev–Trinajstić information content (AvgIpc) is 3.13. The topological polar surface area (TPSA) is 59.8 Å². The molecule has 0 fully saturated rings. The van der Waals surface area contributed by atoms with Crippen molar-refractivity contribution < 1.29 is 9.47 Å². The Labute approximate surface area is 143 Å². The molecule has 0 aliphatic rings. The van der Waals surface area contributed by atoms with Crippen molar-refractivity contribution in [3.63, 3.8) is 0 Å². The van der Waals surface area contributed by atoms with Gasteiger partial charge in [-0.2, -0.15) is 0 Å². The molecule has 0 spiro atoms. The van der Waals surface area contributed by atoms with E-state index in [9.17, 15) is 0 Å². The molecule has 0 amide bonds. The van der Waals surface area contributed by atoms with Crippen LogP contribution in [0.15, 0.2) is 53.8 Å². The number of guanidine groups is 1. The van der Waals surface area contributed by atoms with E-state index in [-0.39, 0.29) is 0 Å². The van der Waals surface area contributed by atoms with E-state index in [1.807, 2.05) is 48.8 Å². The van der Waals surface area contributed by atoms with Crippen LogP contribution in [0.25, 0.3) is 0 Å². The van der Waals surface area contributed by atoms with Crippen LogP contribution in [0.2, 0.25) is 0 Å². The van der Waals surface area contributed by atoms with E-state index >= 15 is 0 Å². The normalized spacial score (nSPS) is 11.3. The van der Waals surface area contributed by atoms with Gasteiger partial charge in [0.05, 0.1) is 20.3 Å². The van der Waals surface area contributed by atoms with Gasteiger partial charge in [0.2, 0.25) is 0 Å². The molecule has 1 aromatic carbocycles. The van der Waals surface area contributed by atoms with Gasteiger partial charge in [-0.25, -0.2) is 0 Å². The first-order valence-corrected chi connectivity index (χ1v) is 8.08. The molecule has 6 heteroatoms. The van der Waals surface area contributed by atoms with Crippen molar-refractivity contribution in [2.24, 2.45) is 4.99 Å². The minimum absolute atomic E-state index is 0.568. The smallest absolute Gasteiger partial charge is 0.191 e. The lowest BCUT2D eigenvalue weighted by atomic mass is 10.2. The highest BCUT2D eigenvalue weighted by molar-refractivity contribution is 5.79. The zero-order chi connectivity index (χ0) is 17.0. The fraction of sp³-hybridized carbons (Fsp3) is 0.389. The Morgan fingerprint density at radius 1 is 1.12 bits per heavy atom. The molecule has 1 heterocycles. The zero-order valence-electron chi connectivity index (χ0n) is 14.4. The summed E-state index contributed by atoms with van der Waals surface area (Å²) in [5.74, 6) is 1.63. The summed E-state index contributed by atoms with van der Waals surface area (Å²) in [4.78, 5) is 4.20. The molecule has 1 aromatic heterocycles. The van der Waals surface area contributed by atoms with Crippen molar-refractivity contribution in [1.29, 1.82) is 0 Å². The molecule has 0 atom stereocenters. The van der Waals surface area contributed by atoms with E-state index in [2.05, 4.69) is 20.2 Å². The van der Waals surface area contributed by atoms with Crippen LogP contribution in [0.4, 0.5) is 0 Å². The van der Waals surface area contributed by atoms with Crippen molar-refractivity contribution >= 4 is 5.96 Å². The standard InChI is InChI=1S/C18H26N4O2/c1-19-18(20-8-12-22-10-3-4-11-22)21-9-13-24-15-16-6-5-7-17(14-16)23-2/h3-7,10-11,14H,8-9,12-13,15H2,1-2H3,(H2,19,20,21). The van der Waals surface area contributed by atoms with Gasteiger partial charge in [-0.1, -0.05) is 12.1 Å². The molecule has 0 aliphatic heterocycles. The first-order valence-electron chi connectivity index (χ1n) is 8.08. The Balaban J connectivity index is 1.58. The fourth-order valence-corrected chi connectivity index (χ4v) is 2.24. The van der Waals surface area contributed by atoms with Crippen LogP contribution in [-0.4, -0.2) is 44.4 Å². The third kappa shape index (κ3) is 6.34. The average molecular weight is 330 g/mol. The minimum Gasteiger partial charge on any atom is -0.497 e. The molecule has 0 radical (unpaired) electrons. The lowest BCUT2D eigenvalue weighted by molar-refractivity contribution is 0.125. The predicted octanol–water partition coefficient (Wildman–Crippen LogP) is 1.88. The fourth-order valence-electron chi connectivity index (χ4n) is 2.24. The van der Waals surface area contributed by atoms with Crippen LogP contribution in [-0.2, 0) is 17.9 Å². The van der Waals surface area contributed by atoms with Crippen LogP contribution in [0.5, 0.6) is 5.75 Å². The number of rotatable bonds is 9. The number of aromatic nitrogens is 1. The highest BCUT2D eigenvalue weighted by Crippen LogP contribution is 2.12. The molecule has 2 rings (SSSR count). The molecule has 24 heavy (non-hydrogen) atoms. The van der Waals surface area contributed by atoms with E-state index in [1.165, 1.54) is 0 Å². The molecule has 130 valence electrons. The number of ether oxygens (including phenoxy) is 2. The number of nitrogens with one attached hydrogen (secondary N) is 2. The third-order valence-electron chi connectivity index (χ3n) is 3.49. The maximum atomic E-state index is 5.67. The molecule has 2 N–H and O–H groups in total. The van der Waals surface area contributed by atoms with Gasteiger partial charge >= 0.3 is 0 Å². The van der Waals surface area contributed by atoms with Gasteiger partial charge in [0.25, 0.3) is 0 Å². The number of methoxy groups -OCH3 is 1. The Morgan fingerprint density at radius 2 is 1.92 bits per heavy atom. The summed E-state index contributed by atoms with van der Waals surface area (Å²) in [6, 6.07) is 11.9. The minimum atomic E-state index is 0.568. The van der Waals surface area contributed by atoms with Gasteiger partial charge in [-0.15, -0.1) is 0 Å². The lowest BCUT2D eigenvalue weighted by Gasteiger charge is -2.12. The predicted molar refractivity (Wildman–Crippen MR) is 96.4 cm³/mol. The van der Waals surface area contributed by atoms with Crippen LogP contribution in [0.1, 0.15) is 5.56 Å². The summed E-state index contributed by atoms with van der Waals surface area (Å²) < 4.78 is 13.0. The molecule has 0 saturated heterocycles. The number of benzene rings is 1. The highest BCUT2D eigenvalue weighted by atomic mass is 16.5. The number of aliphatic imine (C=N–C) groups is 1. The molecule has 0 unspecified atom stereocenters. The first-order chi connectivity index (χ1) is 11.8. The van der Waals surface area contributed by atoms with Crippen LogP contribution >= 0.6 is 0 Å². The first kappa shape index (κ1) is 17.9. The summed E-state index contributed by atoms with van der Waals surface area (Å²) in [6.45, 7) is 3.60. The summed E-state index contributed by atoms with van der Waals surface area (Å²) in [7, 11) is 3.43. The maximum absolute atomic E-state index is 5.67. The van der Waals surface area contributed by atoms with E-state index in [1.54, 1.807) is 14.2 Å². The van der Waals surface area contributed by atoms with Gasteiger partial charge in [-0.05, 0) is 29.8 Å². The van der Waals surface area contributed by atoms with Gasteiger partial charge in [0.15, 0.2) is 5.96 Å². The largest absolute Gasteiger partial charge is 0.497 e. The molecule has 6 nitrogen and oxygen atoms in total. The number of nitrogens with zero attached hydrogens (tertiary/aromatic N) is 2. The Morgan fingerprint density at radius 3 is 2.67 bits per heavy atom. The quantitative estimate of drug-likeness (QED) is 0.419. The van der Waals surface area contributed by atoms with Crippen molar-refractivity contribution in [2.45, 2.75) is 13.2 Å². The molecule has 2 aromatic rings. The van der Waals surface area contributed by atoms with Gasteiger partial charge < -0.3 is 24.7 Å². The number of hydrogen-bond acceptors (Lipinski definition) is 3. The molecule has 0 aliphatic carbocycles. The summed E-state index contributed by atoms with van der Waals surface area (Å²) >= 11 is 0. The molecule has 0 bridgehead atoms. The van der Waals surface area contributed by atoms with Crippen molar-refractivity contribution in [3.05, 3.63) is 54.4 Å². The van der Waals surface area contributed by atoms with E-state index < -0.39 is 0 Å². The summed E-state index contributed by atoms with van der Waals surface area (Å²) in [6.07, 6.45) is 4.09. The molecule has 0 saturated carbocycles. The van der Waals surface area contributed by atoms with Crippen molar-refractivity contribution in [2.75, 3.05) is 33.9 Å². The van der Waals surface area contributed by atoms with Gasteiger partial charge in [-0.3, -0.25) is 4.99 Å². The Bertz CT molecular complexity index is 611. The van der Waals surface area contributed by atoms with Crippen LogP contribution in [0, 0.1) is 0 Å². The van der Waals surface area contributed by atoms with Crippen molar-refractivity contribution in [1.82, 2.24) is 15.2 Å². The monoisotopic (exact) mass is 330 g/mol. The molecular formula is C18H26N4O2. The van der Waals surface area contributed by atoms with E-state index in [0.717, 1.165) is 30.4 Å². The van der Waals surface area contributed by atoms with Crippen LogP contribution < -0.4 is 15.4 Å². The Kier molecular flexibility index (Phi) is 7.70. The van der Waals surface area contributed by atoms with E-state index in [4.69, 9.17) is 9.47 Å². The maximum Gasteiger partial charge on any atom is 0.191 e. The summed E-state index contributed by atoms with van der Waals surface area (Å²) in [5.41, 5.74) is 1.10. The molecular weight excluding hydrogens is 304 g/mol. The highest BCUT2D eigenvalue weighted by Gasteiger charge is 1.99. The second-order valence-corrected chi connectivity index (χ2v) is 5.25. The summed E-state index contributed by atoms with van der Waals surface area (Å²) in [5, 5.41) is 6.52. The van der Waals surface area contributed by atoms with E-state index in [0.29, 0.717) is 19.8 Å². The third-order valence-corrected chi connectivity index (χ3v) is 3.49. The number of hydrogen-bond donors (Lipinski definition) is 2.